The number of thioether (sulfide) groups is 1. The van der Waals surface area contributed by atoms with Gasteiger partial charge in [-0.25, -0.2) is 4.79 Å². The minimum Gasteiger partial charge on any atom is -0.481 e. The van der Waals surface area contributed by atoms with Crippen LogP contribution in [-0.4, -0.2) is 99.0 Å². The molecule has 0 aromatic rings. The number of aliphatic carboxylic acids is 2. The van der Waals surface area contributed by atoms with Crippen molar-refractivity contribution >= 4 is 41.4 Å². The van der Waals surface area contributed by atoms with Gasteiger partial charge in [0, 0.05) is 0 Å². The van der Waals surface area contributed by atoms with Crippen LogP contribution in [0.3, 0.4) is 0 Å². The van der Waals surface area contributed by atoms with E-state index in [9.17, 15) is 34.2 Å². The number of hydrogen-bond donors (Lipinski definition) is 8. The monoisotopic (exact) mass is 452 g/mol. The van der Waals surface area contributed by atoms with Gasteiger partial charge in [-0.15, -0.1) is 0 Å². The minimum absolute atomic E-state index is 0.113. The standard InChI is InChI=1S/C16H28N4O9S/c1-7(22)12(20-13(25)8(17)5-11(23)24)15(27)19-10(6-21)14(26)18-9(16(28)29)3-4-30-2/h7-10,12,21-22H,3-6,17H2,1-2H3,(H,18,26)(H,19,27)(H,20,25)(H,23,24)(H,28,29). The summed E-state index contributed by atoms with van der Waals surface area (Å²) in [6, 6.07) is -5.89. The van der Waals surface area contributed by atoms with Crippen LogP contribution in [0.2, 0.25) is 0 Å². The second-order valence-electron chi connectivity index (χ2n) is 6.36. The molecule has 5 unspecified atom stereocenters. The molecule has 0 aromatic carbocycles. The number of amides is 3. The number of carboxylic acid groups (broad SMARTS) is 2. The predicted molar refractivity (Wildman–Crippen MR) is 105 cm³/mol. The summed E-state index contributed by atoms with van der Waals surface area (Å²) in [5.74, 6) is -5.25. The third-order valence-corrected chi connectivity index (χ3v) is 4.48. The maximum absolute atomic E-state index is 12.4. The van der Waals surface area contributed by atoms with Gasteiger partial charge in [0.05, 0.1) is 25.2 Å². The van der Waals surface area contributed by atoms with Gasteiger partial charge in [-0.3, -0.25) is 19.2 Å². The SMILES string of the molecule is CSCCC(NC(=O)C(CO)NC(=O)C(NC(=O)C(N)CC(=O)O)C(C)O)C(=O)O. The van der Waals surface area contributed by atoms with Crippen molar-refractivity contribution in [3.8, 4) is 0 Å². The summed E-state index contributed by atoms with van der Waals surface area (Å²) >= 11 is 1.37. The second-order valence-corrected chi connectivity index (χ2v) is 7.34. The third kappa shape index (κ3) is 9.87. The molecule has 0 bridgehead atoms. The molecule has 0 spiro atoms. The summed E-state index contributed by atoms with van der Waals surface area (Å²) in [4.78, 5) is 58.4. The molecule has 172 valence electrons. The highest BCUT2D eigenvalue weighted by Gasteiger charge is 2.32. The van der Waals surface area contributed by atoms with Crippen molar-refractivity contribution in [3.63, 3.8) is 0 Å². The number of rotatable bonds is 14. The molecule has 30 heavy (non-hydrogen) atoms. The lowest BCUT2D eigenvalue weighted by molar-refractivity contribution is -0.142. The summed E-state index contributed by atoms with van der Waals surface area (Å²) < 4.78 is 0. The van der Waals surface area contributed by atoms with E-state index >= 15 is 0 Å². The van der Waals surface area contributed by atoms with Crippen molar-refractivity contribution < 1.29 is 44.4 Å². The summed E-state index contributed by atoms with van der Waals surface area (Å²) in [7, 11) is 0. The van der Waals surface area contributed by atoms with Gasteiger partial charge >= 0.3 is 11.9 Å². The number of aliphatic hydroxyl groups excluding tert-OH is 2. The molecule has 0 saturated carbocycles. The van der Waals surface area contributed by atoms with Crippen LogP contribution in [0.5, 0.6) is 0 Å². The van der Waals surface area contributed by atoms with Crippen LogP contribution in [-0.2, 0) is 24.0 Å². The highest BCUT2D eigenvalue weighted by Crippen LogP contribution is 2.02. The van der Waals surface area contributed by atoms with Crippen molar-refractivity contribution in [2.24, 2.45) is 5.73 Å². The van der Waals surface area contributed by atoms with Crippen LogP contribution in [0.25, 0.3) is 0 Å². The van der Waals surface area contributed by atoms with Crippen molar-refractivity contribution in [2.45, 2.75) is 50.0 Å². The fourth-order valence-corrected chi connectivity index (χ4v) is 2.64. The van der Waals surface area contributed by atoms with Crippen LogP contribution in [0.4, 0.5) is 0 Å². The Morgan fingerprint density at radius 2 is 1.53 bits per heavy atom. The van der Waals surface area contributed by atoms with Crippen LogP contribution in [0.1, 0.15) is 19.8 Å². The van der Waals surface area contributed by atoms with Gasteiger partial charge in [-0.1, -0.05) is 0 Å². The third-order valence-electron chi connectivity index (χ3n) is 3.83. The zero-order chi connectivity index (χ0) is 23.4. The highest BCUT2D eigenvalue weighted by molar-refractivity contribution is 7.98. The molecule has 0 aliphatic heterocycles. The van der Waals surface area contributed by atoms with Gasteiger partial charge in [-0.2, -0.15) is 11.8 Å². The Labute approximate surface area is 176 Å². The number of nitrogens with one attached hydrogen (secondary N) is 3. The number of carbonyl (C=O) groups is 5. The molecule has 9 N–H and O–H groups in total. The van der Waals surface area contributed by atoms with Crippen LogP contribution in [0, 0.1) is 0 Å². The highest BCUT2D eigenvalue weighted by atomic mass is 32.2. The molecule has 0 aliphatic carbocycles. The normalized spacial score (nSPS) is 15.8. The largest absolute Gasteiger partial charge is 0.481 e. The summed E-state index contributed by atoms with van der Waals surface area (Å²) in [5, 5.41) is 43.3. The molecular formula is C16H28N4O9S. The van der Waals surface area contributed by atoms with Crippen LogP contribution in [0.15, 0.2) is 0 Å². The maximum atomic E-state index is 12.4. The molecule has 0 rings (SSSR count). The molecule has 0 saturated heterocycles. The lowest BCUT2D eigenvalue weighted by Crippen LogP contribution is -2.60. The van der Waals surface area contributed by atoms with Crippen molar-refractivity contribution in [3.05, 3.63) is 0 Å². The molecule has 0 radical (unpaired) electrons. The summed E-state index contributed by atoms with van der Waals surface area (Å²) in [5.41, 5.74) is 5.40. The van der Waals surface area contributed by atoms with E-state index in [0.717, 1.165) is 6.92 Å². The number of hydrogen-bond acceptors (Lipinski definition) is 9. The maximum Gasteiger partial charge on any atom is 0.326 e. The lowest BCUT2D eigenvalue weighted by atomic mass is 10.1. The van der Waals surface area contributed by atoms with Gasteiger partial charge in [0.15, 0.2) is 0 Å². The quantitative estimate of drug-likeness (QED) is 0.129. The van der Waals surface area contributed by atoms with Crippen LogP contribution < -0.4 is 21.7 Å². The van der Waals surface area contributed by atoms with Gasteiger partial charge in [-0.05, 0) is 25.4 Å². The van der Waals surface area contributed by atoms with Crippen LogP contribution >= 0.6 is 11.8 Å². The first-order valence-electron chi connectivity index (χ1n) is 8.83. The molecule has 5 atom stereocenters. The van der Waals surface area contributed by atoms with Crippen molar-refractivity contribution in [1.29, 1.82) is 0 Å². The zero-order valence-corrected chi connectivity index (χ0v) is 17.3. The number of nitrogens with two attached hydrogens (primary N) is 1. The Morgan fingerprint density at radius 3 is 1.97 bits per heavy atom. The Bertz CT molecular complexity index is 632. The zero-order valence-electron chi connectivity index (χ0n) is 16.5. The molecule has 14 heteroatoms. The average molecular weight is 452 g/mol. The number of aliphatic hydroxyl groups is 2. The Balaban J connectivity index is 5.13. The van der Waals surface area contributed by atoms with Crippen molar-refractivity contribution in [1.82, 2.24) is 16.0 Å². The number of carbonyl (C=O) groups excluding carboxylic acids is 3. The lowest BCUT2D eigenvalue weighted by Gasteiger charge is -2.25. The molecule has 0 heterocycles. The Kier molecular flexibility index (Phi) is 12.6. The van der Waals surface area contributed by atoms with E-state index in [-0.39, 0.29) is 6.42 Å². The van der Waals surface area contributed by atoms with Crippen molar-refractivity contribution in [2.75, 3.05) is 18.6 Å². The van der Waals surface area contributed by atoms with E-state index in [1.165, 1.54) is 11.8 Å². The summed E-state index contributed by atoms with van der Waals surface area (Å²) in [6.45, 7) is 0.273. The first-order valence-corrected chi connectivity index (χ1v) is 10.2. The topological polar surface area (TPSA) is 228 Å². The minimum atomic E-state index is -1.61. The molecular weight excluding hydrogens is 424 g/mol. The molecule has 0 aliphatic rings. The van der Waals surface area contributed by atoms with E-state index in [4.69, 9.17) is 15.9 Å². The van der Waals surface area contributed by atoms with E-state index < -0.39 is 73.0 Å². The predicted octanol–water partition coefficient (Wildman–Crippen LogP) is -3.55. The first-order chi connectivity index (χ1) is 13.9. The number of carboxylic acids is 2. The first kappa shape index (κ1) is 27.6. The van der Waals surface area contributed by atoms with E-state index in [1.54, 1.807) is 6.26 Å². The Morgan fingerprint density at radius 1 is 0.967 bits per heavy atom. The molecule has 13 nitrogen and oxygen atoms in total. The van der Waals surface area contributed by atoms with Gasteiger partial charge < -0.3 is 42.1 Å². The fraction of sp³-hybridized carbons (Fsp3) is 0.688. The van der Waals surface area contributed by atoms with Gasteiger partial charge in [0.1, 0.15) is 18.1 Å². The molecule has 3 amide bonds. The molecule has 0 fully saturated rings. The average Bonchev–Trinajstić information content (AvgIpc) is 2.65. The molecule has 0 aromatic heterocycles. The summed E-state index contributed by atoms with van der Waals surface area (Å²) in [6.07, 6.45) is -0.303. The van der Waals surface area contributed by atoms with E-state index in [2.05, 4.69) is 16.0 Å². The van der Waals surface area contributed by atoms with Gasteiger partial charge in [0.2, 0.25) is 17.7 Å². The fourth-order valence-electron chi connectivity index (χ4n) is 2.17. The van der Waals surface area contributed by atoms with Gasteiger partial charge in [0.25, 0.3) is 0 Å². The Hall–Kier alpha value is -2.42. The second kappa shape index (κ2) is 13.7. The van der Waals surface area contributed by atoms with E-state index in [1.807, 2.05) is 0 Å². The van der Waals surface area contributed by atoms with E-state index in [0.29, 0.717) is 5.75 Å². The smallest absolute Gasteiger partial charge is 0.326 e.